The number of hydrogen-bond donors (Lipinski definition) is 1. The van der Waals surface area contributed by atoms with Gasteiger partial charge in [0.15, 0.2) is 0 Å². The van der Waals surface area contributed by atoms with Gasteiger partial charge in [-0.25, -0.2) is 0 Å². The fourth-order valence-corrected chi connectivity index (χ4v) is 1.59. The van der Waals surface area contributed by atoms with Gasteiger partial charge in [-0.05, 0) is 6.92 Å². The van der Waals surface area contributed by atoms with Gasteiger partial charge in [0.25, 0.3) is 11.9 Å². The van der Waals surface area contributed by atoms with Gasteiger partial charge in [0.2, 0.25) is 5.60 Å². The first kappa shape index (κ1) is 7.54. The fraction of sp³-hybridized carbons (Fsp3) is 0.714. The number of ether oxygens (including phenoxy) is 2. The highest BCUT2D eigenvalue weighted by atomic mass is 16.6. The highest BCUT2D eigenvalue weighted by Crippen LogP contribution is 2.33. The zero-order valence-electron chi connectivity index (χ0n) is 6.74. The van der Waals surface area contributed by atoms with Gasteiger partial charge in [-0.1, -0.05) is 0 Å². The van der Waals surface area contributed by atoms with Crippen LogP contribution in [0.2, 0.25) is 0 Å². The lowest BCUT2D eigenvalue weighted by atomic mass is 9.96. The maximum absolute atomic E-state index is 11.3. The molecule has 0 radical (unpaired) electrons. The van der Waals surface area contributed by atoms with Gasteiger partial charge in [0.1, 0.15) is 6.10 Å². The van der Waals surface area contributed by atoms with Gasteiger partial charge in [-0.15, -0.1) is 0 Å². The topological polar surface area (TPSA) is 73.9 Å². The molecule has 1 fully saturated rings. The van der Waals surface area contributed by atoms with E-state index in [1.54, 1.807) is 6.92 Å². The average Bonchev–Trinajstić information content (AvgIpc) is 2.44. The Hall–Kier alpha value is -1.10. The molecule has 12 heavy (non-hydrogen) atoms. The van der Waals surface area contributed by atoms with Crippen molar-refractivity contribution in [2.75, 3.05) is 6.61 Å². The van der Waals surface area contributed by atoms with Gasteiger partial charge in [-0.2, -0.15) is 4.99 Å². The van der Waals surface area contributed by atoms with Gasteiger partial charge in [0.05, 0.1) is 6.61 Å². The van der Waals surface area contributed by atoms with Crippen LogP contribution < -0.4 is 5.73 Å². The zero-order chi connectivity index (χ0) is 8.77. The van der Waals surface area contributed by atoms with E-state index in [1.807, 2.05) is 0 Å². The molecule has 2 aliphatic heterocycles. The Morgan fingerprint density at radius 1 is 1.75 bits per heavy atom. The van der Waals surface area contributed by atoms with Gasteiger partial charge >= 0.3 is 0 Å². The SMILES string of the molecule is CC1OCCC12OC(N)=NC2=O. The van der Waals surface area contributed by atoms with Crippen molar-refractivity contribution in [3.63, 3.8) is 0 Å². The van der Waals surface area contributed by atoms with Crippen LogP contribution in [0.3, 0.4) is 0 Å². The molecule has 0 aromatic rings. The lowest BCUT2D eigenvalue weighted by molar-refractivity contribution is -0.134. The minimum atomic E-state index is -0.913. The third-order valence-corrected chi connectivity index (χ3v) is 2.36. The van der Waals surface area contributed by atoms with Crippen LogP contribution in [0.4, 0.5) is 0 Å². The molecule has 2 rings (SSSR count). The minimum Gasteiger partial charge on any atom is -0.445 e. The Morgan fingerprint density at radius 2 is 2.50 bits per heavy atom. The minimum absolute atomic E-state index is 0.0441. The number of hydrogen-bond acceptors (Lipinski definition) is 4. The van der Waals surface area contributed by atoms with E-state index in [0.29, 0.717) is 13.0 Å². The molecule has 0 bridgehead atoms. The number of nitrogens with zero attached hydrogens (tertiary/aromatic N) is 1. The van der Waals surface area contributed by atoms with Gasteiger partial charge in [-0.3, -0.25) is 4.79 Å². The van der Waals surface area contributed by atoms with E-state index in [0.717, 1.165) is 0 Å². The van der Waals surface area contributed by atoms with Crippen molar-refractivity contribution in [1.82, 2.24) is 0 Å². The van der Waals surface area contributed by atoms with Gasteiger partial charge in [0, 0.05) is 6.42 Å². The van der Waals surface area contributed by atoms with Crippen LogP contribution in [-0.2, 0) is 14.3 Å². The molecule has 0 saturated carbocycles. The van der Waals surface area contributed by atoms with E-state index in [4.69, 9.17) is 15.2 Å². The standard InChI is InChI=1S/C7H10N2O3/c1-4-7(2-3-11-4)5(10)9-6(8)12-7/h4H,2-3H2,1H3,(H2,8,9,10). The molecule has 5 nitrogen and oxygen atoms in total. The molecule has 2 heterocycles. The maximum atomic E-state index is 11.3. The molecule has 2 atom stereocenters. The highest BCUT2D eigenvalue weighted by molar-refractivity contribution is 6.01. The molecular formula is C7H10N2O3. The summed E-state index contributed by atoms with van der Waals surface area (Å²) < 4.78 is 10.4. The van der Waals surface area contributed by atoms with Crippen molar-refractivity contribution in [2.24, 2.45) is 10.7 Å². The third kappa shape index (κ3) is 0.768. The molecule has 0 aliphatic carbocycles. The van der Waals surface area contributed by atoms with E-state index in [2.05, 4.69) is 4.99 Å². The Kier molecular flexibility index (Phi) is 1.38. The van der Waals surface area contributed by atoms with Crippen molar-refractivity contribution in [3.05, 3.63) is 0 Å². The number of aliphatic imine (C=N–C) groups is 1. The third-order valence-electron chi connectivity index (χ3n) is 2.36. The lowest BCUT2D eigenvalue weighted by Gasteiger charge is -2.22. The second kappa shape index (κ2) is 2.20. The second-order valence-electron chi connectivity index (χ2n) is 3.01. The van der Waals surface area contributed by atoms with Crippen molar-refractivity contribution < 1.29 is 14.3 Å². The predicted molar refractivity (Wildman–Crippen MR) is 40.5 cm³/mol. The number of carbonyl (C=O) groups is 1. The van der Waals surface area contributed by atoms with Crippen LogP contribution in [0.5, 0.6) is 0 Å². The Balaban J connectivity index is 2.29. The first-order valence-electron chi connectivity index (χ1n) is 3.84. The Morgan fingerprint density at radius 3 is 2.92 bits per heavy atom. The number of rotatable bonds is 0. The van der Waals surface area contributed by atoms with Crippen molar-refractivity contribution in [1.29, 1.82) is 0 Å². The molecule has 2 unspecified atom stereocenters. The largest absolute Gasteiger partial charge is 0.445 e. The fourth-order valence-electron chi connectivity index (χ4n) is 1.59. The summed E-state index contributed by atoms with van der Waals surface area (Å²) in [7, 11) is 0. The number of amides is 1. The molecular weight excluding hydrogens is 160 g/mol. The summed E-state index contributed by atoms with van der Waals surface area (Å²) in [4.78, 5) is 14.9. The monoisotopic (exact) mass is 170 g/mol. The smallest absolute Gasteiger partial charge is 0.297 e. The van der Waals surface area contributed by atoms with Gasteiger partial charge < -0.3 is 15.2 Å². The van der Waals surface area contributed by atoms with E-state index in [1.165, 1.54) is 0 Å². The van der Waals surface area contributed by atoms with E-state index >= 15 is 0 Å². The summed E-state index contributed by atoms with van der Waals surface area (Å²) in [5.41, 5.74) is 4.38. The molecule has 0 aromatic heterocycles. The molecule has 2 N–H and O–H groups in total. The number of carbonyl (C=O) groups excluding carboxylic acids is 1. The molecule has 2 aliphatic rings. The summed E-state index contributed by atoms with van der Waals surface area (Å²) >= 11 is 0. The van der Waals surface area contributed by atoms with Crippen molar-refractivity contribution >= 4 is 11.9 Å². The summed E-state index contributed by atoms with van der Waals surface area (Å²) in [6, 6.07) is -0.0441. The summed E-state index contributed by atoms with van der Waals surface area (Å²) in [5, 5.41) is 0. The Labute approximate surface area is 69.5 Å². The molecule has 5 heteroatoms. The molecule has 1 saturated heterocycles. The first-order valence-corrected chi connectivity index (χ1v) is 3.84. The van der Waals surface area contributed by atoms with Crippen LogP contribution in [0.15, 0.2) is 4.99 Å². The molecule has 1 amide bonds. The lowest BCUT2D eigenvalue weighted by Crippen LogP contribution is -2.44. The highest BCUT2D eigenvalue weighted by Gasteiger charge is 2.54. The van der Waals surface area contributed by atoms with Crippen LogP contribution >= 0.6 is 0 Å². The average molecular weight is 170 g/mol. The summed E-state index contributed by atoms with van der Waals surface area (Å²) in [5.74, 6) is -0.315. The molecule has 1 spiro atoms. The summed E-state index contributed by atoms with van der Waals surface area (Å²) in [6.45, 7) is 2.31. The van der Waals surface area contributed by atoms with Crippen molar-refractivity contribution in [2.45, 2.75) is 25.0 Å². The molecule has 66 valence electrons. The molecule has 0 aromatic carbocycles. The van der Waals surface area contributed by atoms with Crippen LogP contribution in [0.1, 0.15) is 13.3 Å². The normalized spacial score (nSPS) is 40.2. The van der Waals surface area contributed by atoms with E-state index in [-0.39, 0.29) is 18.0 Å². The summed E-state index contributed by atoms with van der Waals surface area (Å²) in [6.07, 6.45) is 0.284. The number of amidine groups is 1. The zero-order valence-corrected chi connectivity index (χ0v) is 6.74. The maximum Gasteiger partial charge on any atom is 0.297 e. The number of nitrogens with two attached hydrogens (primary N) is 1. The van der Waals surface area contributed by atoms with Crippen LogP contribution in [0.25, 0.3) is 0 Å². The van der Waals surface area contributed by atoms with Crippen LogP contribution in [0, 0.1) is 0 Å². The Bertz CT molecular complexity index is 263. The quantitative estimate of drug-likeness (QED) is 0.527. The van der Waals surface area contributed by atoms with E-state index < -0.39 is 5.60 Å². The van der Waals surface area contributed by atoms with Crippen molar-refractivity contribution in [3.8, 4) is 0 Å². The first-order chi connectivity index (χ1) is 5.65. The van der Waals surface area contributed by atoms with E-state index in [9.17, 15) is 4.79 Å². The van der Waals surface area contributed by atoms with Crippen LogP contribution in [-0.4, -0.2) is 30.2 Å². The predicted octanol–water partition coefficient (Wildman–Crippen LogP) is -0.595. The second-order valence-corrected chi connectivity index (χ2v) is 3.01.